The van der Waals surface area contributed by atoms with Gasteiger partial charge in [-0.05, 0) is 39.0 Å². The molecule has 0 spiro atoms. The molecule has 1 aromatic rings. The van der Waals surface area contributed by atoms with Crippen LogP contribution in [0.4, 0.5) is 11.5 Å². The second kappa shape index (κ2) is 7.06. The number of anilines is 1. The van der Waals surface area contributed by atoms with Crippen molar-refractivity contribution in [3.05, 3.63) is 12.0 Å². The lowest BCUT2D eigenvalue weighted by Crippen LogP contribution is -2.14. The zero-order chi connectivity index (χ0) is 13.5. The van der Waals surface area contributed by atoms with Gasteiger partial charge in [-0.1, -0.05) is 6.92 Å². The first kappa shape index (κ1) is 14.6. The molecule has 2 rings (SSSR count). The van der Waals surface area contributed by atoms with Crippen LogP contribution >= 0.6 is 0 Å². The highest BCUT2D eigenvalue weighted by atomic mass is 15.0. The summed E-state index contributed by atoms with van der Waals surface area (Å²) in [4.78, 5) is 11.8. The van der Waals surface area contributed by atoms with E-state index in [4.69, 9.17) is 11.5 Å². The van der Waals surface area contributed by atoms with Crippen LogP contribution in [0.5, 0.6) is 0 Å². The predicted molar refractivity (Wildman–Crippen MR) is 76.0 cm³/mol. The Morgan fingerprint density at radius 3 is 2.50 bits per heavy atom. The molecule has 1 aliphatic rings. The zero-order valence-electron chi connectivity index (χ0n) is 11.4. The van der Waals surface area contributed by atoms with Crippen molar-refractivity contribution in [2.45, 2.75) is 46.1 Å². The molecule has 0 radical (unpaired) electrons. The quantitative estimate of drug-likeness (QED) is 0.747. The van der Waals surface area contributed by atoms with Gasteiger partial charge in [-0.3, -0.25) is 4.99 Å². The van der Waals surface area contributed by atoms with E-state index in [1.54, 1.807) is 6.21 Å². The Bertz CT molecular complexity index is 374. The van der Waals surface area contributed by atoms with Crippen molar-refractivity contribution in [1.82, 2.24) is 9.97 Å². The molecule has 5 heteroatoms. The number of rotatable bonds is 1. The molecule has 4 N–H and O–H groups in total. The predicted octanol–water partition coefficient (Wildman–Crippen LogP) is 2.22. The van der Waals surface area contributed by atoms with Crippen LogP contribution in [-0.2, 0) is 0 Å². The highest BCUT2D eigenvalue weighted by molar-refractivity contribution is 5.68. The van der Waals surface area contributed by atoms with Gasteiger partial charge in [-0.15, -0.1) is 0 Å². The normalized spacial score (nSPS) is 22.9. The average molecular weight is 249 g/mol. The SMILES string of the molecule is CC1CC[C@@H](N)C1.CC=Nc1c(C)ncnc1N. The number of nitrogens with zero attached hydrogens (tertiary/aromatic N) is 3. The van der Waals surface area contributed by atoms with Crippen molar-refractivity contribution in [2.75, 3.05) is 5.73 Å². The van der Waals surface area contributed by atoms with E-state index in [2.05, 4.69) is 21.9 Å². The van der Waals surface area contributed by atoms with Gasteiger partial charge in [0.25, 0.3) is 0 Å². The van der Waals surface area contributed by atoms with Crippen LogP contribution in [-0.4, -0.2) is 22.2 Å². The maximum absolute atomic E-state index is 5.63. The summed E-state index contributed by atoms with van der Waals surface area (Å²) in [5.74, 6) is 1.32. The largest absolute Gasteiger partial charge is 0.382 e. The summed E-state index contributed by atoms with van der Waals surface area (Å²) in [6.45, 7) is 5.94. The summed E-state index contributed by atoms with van der Waals surface area (Å²) in [6, 6.07) is 0.523. The number of nitrogens with two attached hydrogens (primary N) is 2. The lowest BCUT2D eigenvalue weighted by molar-refractivity contribution is 0.594. The molecule has 0 amide bonds. The van der Waals surface area contributed by atoms with Crippen LogP contribution in [0.1, 0.15) is 38.8 Å². The minimum absolute atomic E-state index is 0.426. The number of aliphatic imine (C=N–C) groups is 1. The molecule has 1 aliphatic carbocycles. The van der Waals surface area contributed by atoms with Gasteiger partial charge in [-0.25, -0.2) is 9.97 Å². The minimum atomic E-state index is 0.426. The van der Waals surface area contributed by atoms with E-state index in [1.807, 2.05) is 13.8 Å². The molecule has 1 aromatic heterocycles. The highest BCUT2D eigenvalue weighted by Gasteiger charge is 2.16. The molecule has 1 fully saturated rings. The second-order valence-electron chi connectivity index (χ2n) is 4.76. The van der Waals surface area contributed by atoms with Crippen molar-refractivity contribution in [3.63, 3.8) is 0 Å². The Kier molecular flexibility index (Phi) is 5.71. The summed E-state index contributed by atoms with van der Waals surface area (Å²) in [6.07, 6.45) is 6.95. The third-order valence-corrected chi connectivity index (χ3v) is 3.03. The molecule has 0 aliphatic heterocycles. The summed E-state index contributed by atoms with van der Waals surface area (Å²) in [7, 11) is 0. The molecule has 5 nitrogen and oxygen atoms in total. The molecule has 2 atom stereocenters. The third-order valence-electron chi connectivity index (χ3n) is 3.03. The van der Waals surface area contributed by atoms with Gasteiger partial charge in [0.05, 0.1) is 5.69 Å². The molecule has 1 saturated carbocycles. The fourth-order valence-electron chi connectivity index (χ4n) is 2.03. The third kappa shape index (κ3) is 4.41. The summed E-state index contributed by atoms with van der Waals surface area (Å²) in [5, 5.41) is 0. The molecule has 1 heterocycles. The monoisotopic (exact) mass is 249 g/mol. The maximum atomic E-state index is 5.63. The Labute approximate surface area is 109 Å². The Morgan fingerprint density at radius 2 is 2.11 bits per heavy atom. The zero-order valence-corrected chi connectivity index (χ0v) is 11.4. The first-order valence-electron chi connectivity index (χ1n) is 6.36. The van der Waals surface area contributed by atoms with E-state index >= 15 is 0 Å². The number of hydrogen-bond acceptors (Lipinski definition) is 5. The van der Waals surface area contributed by atoms with Gasteiger partial charge in [0.15, 0.2) is 5.82 Å². The van der Waals surface area contributed by atoms with Crippen LogP contribution < -0.4 is 11.5 Å². The smallest absolute Gasteiger partial charge is 0.153 e. The first-order valence-corrected chi connectivity index (χ1v) is 6.36. The van der Waals surface area contributed by atoms with Crippen molar-refractivity contribution >= 4 is 17.7 Å². The number of aryl methyl sites for hydroxylation is 1. The fraction of sp³-hybridized carbons (Fsp3) is 0.615. The van der Waals surface area contributed by atoms with E-state index in [9.17, 15) is 0 Å². The number of aromatic nitrogens is 2. The van der Waals surface area contributed by atoms with Crippen LogP contribution in [0.2, 0.25) is 0 Å². The molecule has 0 bridgehead atoms. The van der Waals surface area contributed by atoms with E-state index in [0.29, 0.717) is 17.5 Å². The first-order chi connectivity index (χ1) is 8.54. The van der Waals surface area contributed by atoms with Crippen molar-refractivity contribution < 1.29 is 0 Å². The summed E-state index contributed by atoms with van der Waals surface area (Å²) < 4.78 is 0. The molecule has 100 valence electrons. The van der Waals surface area contributed by atoms with E-state index in [0.717, 1.165) is 11.6 Å². The Morgan fingerprint density at radius 1 is 1.39 bits per heavy atom. The van der Waals surface area contributed by atoms with Crippen molar-refractivity contribution in [2.24, 2.45) is 16.6 Å². The molecule has 0 saturated heterocycles. The van der Waals surface area contributed by atoms with Crippen LogP contribution in [0.3, 0.4) is 0 Å². The standard InChI is InChI=1S/C7H10N4.C6H13N/c1-3-9-6-5(2)10-4-11-7(6)8;1-5-2-3-6(7)4-5/h3-4H,1-2H3,(H2,8,10,11);5-6H,2-4,7H2,1H3/t;5?,6-/m.1/s1. The van der Waals surface area contributed by atoms with Gasteiger partial charge >= 0.3 is 0 Å². The van der Waals surface area contributed by atoms with Gasteiger partial charge in [0, 0.05) is 12.3 Å². The topological polar surface area (TPSA) is 90.2 Å². The molecule has 1 unspecified atom stereocenters. The van der Waals surface area contributed by atoms with Crippen LogP contribution in [0.25, 0.3) is 0 Å². The second-order valence-corrected chi connectivity index (χ2v) is 4.76. The Hall–Kier alpha value is -1.49. The number of nitrogen functional groups attached to an aromatic ring is 1. The highest BCUT2D eigenvalue weighted by Crippen LogP contribution is 2.22. The van der Waals surface area contributed by atoms with Crippen molar-refractivity contribution in [3.8, 4) is 0 Å². The lowest BCUT2D eigenvalue weighted by Gasteiger charge is -1.99. The molecule has 18 heavy (non-hydrogen) atoms. The maximum Gasteiger partial charge on any atom is 0.153 e. The van der Waals surface area contributed by atoms with Crippen LogP contribution in [0, 0.1) is 12.8 Å². The molecule has 0 aromatic carbocycles. The average Bonchev–Trinajstić information content (AvgIpc) is 2.69. The summed E-state index contributed by atoms with van der Waals surface area (Å²) in [5.41, 5.74) is 12.6. The van der Waals surface area contributed by atoms with Gasteiger partial charge in [0.1, 0.15) is 12.0 Å². The van der Waals surface area contributed by atoms with Gasteiger partial charge < -0.3 is 11.5 Å². The van der Waals surface area contributed by atoms with Gasteiger partial charge in [0.2, 0.25) is 0 Å². The fourth-order valence-corrected chi connectivity index (χ4v) is 2.03. The van der Waals surface area contributed by atoms with Crippen LogP contribution in [0.15, 0.2) is 11.3 Å². The minimum Gasteiger partial charge on any atom is -0.382 e. The molecular weight excluding hydrogens is 226 g/mol. The lowest BCUT2D eigenvalue weighted by atomic mass is 10.1. The summed E-state index contributed by atoms with van der Waals surface area (Å²) >= 11 is 0. The van der Waals surface area contributed by atoms with E-state index in [1.165, 1.54) is 25.6 Å². The molecular formula is C13H23N5. The number of hydrogen-bond donors (Lipinski definition) is 2. The van der Waals surface area contributed by atoms with Crippen molar-refractivity contribution in [1.29, 1.82) is 0 Å². The van der Waals surface area contributed by atoms with E-state index in [-0.39, 0.29) is 0 Å². The van der Waals surface area contributed by atoms with E-state index < -0.39 is 0 Å². The Balaban J connectivity index is 0.000000199. The van der Waals surface area contributed by atoms with Gasteiger partial charge in [-0.2, -0.15) is 0 Å².